The largest absolute Gasteiger partial charge is 0.350 e. The molecule has 0 spiro atoms. The number of carbonyl (C=O) groups is 1. The summed E-state index contributed by atoms with van der Waals surface area (Å²) in [4.78, 5) is 17.1. The third-order valence-electron chi connectivity index (χ3n) is 2.49. The van der Waals surface area contributed by atoms with Gasteiger partial charge in [-0.15, -0.1) is 0 Å². The molecule has 0 aromatic carbocycles. The molecule has 1 fully saturated rings. The number of anilines is 1. The second-order valence-electron chi connectivity index (χ2n) is 3.77. The van der Waals surface area contributed by atoms with Gasteiger partial charge in [-0.2, -0.15) is 0 Å². The van der Waals surface area contributed by atoms with Gasteiger partial charge in [-0.05, 0) is 6.42 Å². The number of rotatable bonds is 3. The number of nitrogens with one attached hydrogen (secondary N) is 1. The number of hydrogen-bond acceptors (Lipinski definition) is 6. The number of primary sulfonamides is 1. The SMILES string of the molecule is CN1CCC(Nc2ncc(S(N)(=O)=O)s2)C1=O. The van der Waals surface area contributed by atoms with Crippen molar-refractivity contribution in [3.8, 4) is 0 Å². The Morgan fingerprint density at radius 2 is 2.35 bits per heavy atom. The monoisotopic (exact) mass is 276 g/mol. The van der Waals surface area contributed by atoms with Gasteiger partial charge in [0, 0.05) is 13.6 Å². The Bertz CT molecular complexity index is 539. The normalized spacial score (nSPS) is 20.9. The van der Waals surface area contributed by atoms with Crippen molar-refractivity contribution in [2.75, 3.05) is 18.9 Å². The van der Waals surface area contributed by atoms with E-state index in [0.29, 0.717) is 18.1 Å². The van der Waals surface area contributed by atoms with Gasteiger partial charge < -0.3 is 10.2 Å². The summed E-state index contributed by atoms with van der Waals surface area (Å²) in [6, 6.07) is -0.334. The molecule has 1 amide bonds. The number of nitrogens with zero attached hydrogens (tertiary/aromatic N) is 2. The van der Waals surface area contributed by atoms with Crippen molar-refractivity contribution in [2.45, 2.75) is 16.7 Å². The zero-order valence-corrected chi connectivity index (χ0v) is 10.7. The standard InChI is InChI=1S/C8H12N4O3S2/c1-12-3-2-5(7(12)13)11-8-10-4-6(16-8)17(9,14)15/h4-5H,2-3H2,1H3,(H,10,11)(H2,9,14,15). The highest BCUT2D eigenvalue weighted by atomic mass is 32.2. The molecule has 1 aromatic heterocycles. The van der Waals surface area contributed by atoms with E-state index < -0.39 is 10.0 Å². The lowest BCUT2D eigenvalue weighted by molar-refractivity contribution is -0.127. The highest BCUT2D eigenvalue weighted by Gasteiger charge is 2.29. The van der Waals surface area contributed by atoms with Crippen LogP contribution in [0.2, 0.25) is 0 Å². The number of hydrogen-bond donors (Lipinski definition) is 2. The van der Waals surface area contributed by atoms with Crippen LogP contribution in [0.4, 0.5) is 5.13 Å². The first-order valence-corrected chi connectivity index (χ1v) is 7.24. The fourth-order valence-corrected chi connectivity index (χ4v) is 3.07. The summed E-state index contributed by atoms with van der Waals surface area (Å²) in [6.45, 7) is 0.684. The minimum atomic E-state index is -3.72. The maximum Gasteiger partial charge on any atom is 0.249 e. The van der Waals surface area contributed by atoms with Crippen LogP contribution in [0.1, 0.15) is 6.42 Å². The van der Waals surface area contributed by atoms with Crippen LogP contribution < -0.4 is 10.5 Å². The third-order valence-corrected chi connectivity index (χ3v) is 4.83. The van der Waals surface area contributed by atoms with Crippen molar-refractivity contribution in [3.63, 3.8) is 0 Å². The Labute approximate surface area is 103 Å². The van der Waals surface area contributed by atoms with Gasteiger partial charge in [-0.1, -0.05) is 11.3 Å². The van der Waals surface area contributed by atoms with E-state index in [-0.39, 0.29) is 16.2 Å². The summed E-state index contributed by atoms with van der Waals surface area (Å²) in [5, 5.41) is 8.27. The quantitative estimate of drug-likeness (QED) is 0.769. The van der Waals surface area contributed by atoms with Crippen LogP contribution in [0.5, 0.6) is 0 Å². The van der Waals surface area contributed by atoms with E-state index in [1.54, 1.807) is 11.9 Å². The minimum absolute atomic E-state index is 0.0150. The average Bonchev–Trinajstić information content (AvgIpc) is 2.80. The molecule has 3 N–H and O–H groups in total. The zero-order chi connectivity index (χ0) is 12.6. The number of amides is 1. The minimum Gasteiger partial charge on any atom is -0.350 e. The van der Waals surface area contributed by atoms with Crippen LogP contribution in [0.25, 0.3) is 0 Å². The van der Waals surface area contributed by atoms with Gasteiger partial charge in [0.2, 0.25) is 15.9 Å². The zero-order valence-electron chi connectivity index (χ0n) is 9.08. The Morgan fingerprint density at radius 3 is 2.82 bits per heavy atom. The van der Waals surface area contributed by atoms with Crippen molar-refractivity contribution in [1.82, 2.24) is 9.88 Å². The molecule has 2 heterocycles. The maximum atomic E-state index is 11.6. The van der Waals surface area contributed by atoms with Gasteiger partial charge in [0.05, 0.1) is 6.20 Å². The predicted octanol–water partition coefficient (Wildman–Crippen LogP) is -0.567. The number of aromatic nitrogens is 1. The fraction of sp³-hybridized carbons (Fsp3) is 0.500. The van der Waals surface area contributed by atoms with Crippen LogP contribution in [0.3, 0.4) is 0 Å². The van der Waals surface area contributed by atoms with Crippen LogP contribution in [-0.2, 0) is 14.8 Å². The molecule has 1 aromatic rings. The lowest BCUT2D eigenvalue weighted by atomic mass is 10.2. The van der Waals surface area contributed by atoms with E-state index in [2.05, 4.69) is 10.3 Å². The van der Waals surface area contributed by atoms with E-state index in [4.69, 9.17) is 5.14 Å². The van der Waals surface area contributed by atoms with Gasteiger partial charge in [-0.25, -0.2) is 18.5 Å². The molecule has 7 nitrogen and oxygen atoms in total. The van der Waals surface area contributed by atoms with Crippen molar-refractivity contribution >= 4 is 32.4 Å². The molecule has 1 aliphatic rings. The molecule has 1 atom stereocenters. The molecule has 0 radical (unpaired) electrons. The highest BCUT2D eigenvalue weighted by Crippen LogP contribution is 2.24. The van der Waals surface area contributed by atoms with E-state index in [0.717, 1.165) is 11.3 Å². The second kappa shape index (κ2) is 4.24. The number of sulfonamides is 1. The van der Waals surface area contributed by atoms with Crippen molar-refractivity contribution in [1.29, 1.82) is 0 Å². The first-order valence-electron chi connectivity index (χ1n) is 4.88. The summed E-state index contributed by atoms with van der Waals surface area (Å²) in [6.07, 6.45) is 1.87. The second-order valence-corrected chi connectivity index (χ2v) is 6.59. The lowest BCUT2D eigenvalue weighted by Gasteiger charge is -2.10. The number of likely N-dealkylation sites (tertiary alicyclic amines) is 1. The van der Waals surface area contributed by atoms with Crippen LogP contribution in [0, 0.1) is 0 Å². The van der Waals surface area contributed by atoms with Gasteiger partial charge in [-0.3, -0.25) is 4.79 Å². The Kier molecular flexibility index (Phi) is 3.06. The molecule has 94 valence electrons. The Hall–Kier alpha value is -1.19. The van der Waals surface area contributed by atoms with Crippen molar-refractivity contribution in [3.05, 3.63) is 6.20 Å². The van der Waals surface area contributed by atoms with Gasteiger partial charge in [0.15, 0.2) is 9.34 Å². The van der Waals surface area contributed by atoms with Crippen LogP contribution in [0.15, 0.2) is 10.4 Å². The Morgan fingerprint density at radius 1 is 1.65 bits per heavy atom. The molecule has 9 heteroatoms. The molecule has 1 unspecified atom stereocenters. The van der Waals surface area contributed by atoms with Crippen molar-refractivity contribution < 1.29 is 13.2 Å². The third kappa shape index (κ3) is 2.56. The smallest absolute Gasteiger partial charge is 0.249 e. The van der Waals surface area contributed by atoms with E-state index in [1.807, 2.05) is 0 Å². The van der Waals surface area contributed by atoms with E-state index in [9.17, 15) is 13.2 Å². The number of nitrogens with two attached hydrogens (primary N) is 1. The average molecular weight is 276 g/mol. The fourth-order valence-electron chi connectivity index (χ4n) is 1.56. The first kappa shape index (κ1) is 12.3. The highest BCUT2D eigenvalue weighted by molar-refractivity contribution is 7.91. The maximum absolute atomic E-state index is 11.6. The van der Waals surface area contributed by atoms with E-state index in [1.165, 1.54) is 6.20 Å². The first-order chi connectivity index (χ1) is 7.88. The van der Waals surface area contributed by atoms with Crippen molar-refractivity contribution in [2.24, 2.45) is 5.14 Å². The lowest BCUT2D eigenvalue weighted by Crippen LogP contribution is -2.30. The molecule has 1 saturated heterocycles. The number of likely N-dealkylation sites (N-methyl/N-ethyl adjacent to an activating group) is 1. The summed E-state index contributed by atoms with van der Waals surface area (Å²) in [5.41, 5.74) is 0. The summed E-state index contributed by atoms with van der Waals surface area (Å²) < 4.78 is 22.1. The molecule has 17 heavy (non-hydrogen) atoms. The topological polar surface area (TPSA) is 105 Å². The molecule has 0 saturated carbocycles. The molecule has 2 rings (SSSR count). The molecule has 0 aliphatic carbocycles. The molecule has 1 aliphatic heterocycles. The number of thiazole rings is 1. The van der Waals surface area contributed by atoms with E-state index >= 15 is 0 Å². The summed E-state index contributed by atoms with van der Waals surface area (Å²) >= 11 is 0.924. The van der Waals surface area contributed by atoms with Crippen LogP contribution >= 0.6 is 11.3 Å². The molecular weight excluding hydrogens is 264 g/mol. The molecular formula is C8H12N4O3S2. The van der Waals surface area contributed by atoms with Crippen LogP contribution in [-0.4, -0.2) is 43.8 Å². The van der Waals surface area contributed by atoms with Gasteiger partial charge >= 0.3 is 0 Å². The predicted molar refractivity (Wildman–Crippen MR) is 63.2 cm³/mol. The van der Waals surface area contributed by atoms with Gasteiger partial charge in [0.1, 0.15) is 6.04 Å². The summed E-state index contributed by atoms with van der Waals surface area (Å²) in [7, 11) is -2.00. The number of carbonyl (C=O) groups excluding carboxylic acids is 1. The summed E-state index contributed by atoms with van der Waals surface area (Å²) in [5.74, 6) is -0.0163. The van der Waals surface area contributed by atoms with Gasteiger partial charge in [0.25, 0.3) is 0 Å². The molecule has 0 bridgehead atoms. The Balaban J connectivity index is 2.10.